The fraction of sp³-hybridized carbons (Fsp3) is 0.211. The summed E-state index contributed by atoms with van der Waals surface area (Å²) < 4.78 is 5.37. The van der Waals surface area contributed by atoms with Crippen molar-refractivity contribution in [2.45, 2.75) is 13.0 Å². The van der Waals surface area contributed by atoms with Gasteiger partial charge in [-0.3, -0.25) is 14.6 Å². The zero-order valence-electron chi connectivity index (χ0n) is 14.5. The number of aryl methyl sites for hydroxylation is 1. The maximum atomic E-state index is 12.3. The smallest absolute Gasteiger partial charge is 0.313 e. The van der Waals surface area contributed by atoms with Gasteiger partial charge in [-0.1, -0.05) is 18.2 Å². The normalized spacial score (nSPS) is 11.9. The number of carbonyl (C=O) groups is 2. The molecule has 3 rings (SSSR count). The van der Waals surface area contributed by atoms with Crippen LogP contribution in [0.15, 0.2) is 47.2 Å². The second-order valence-corrected chi connectivity index (χ2v) is 6.55. The number of amides is 2. The van der Waals surface area contributed by atoms with Crippen LogP contribution < -0.4 is 10.6 Å². The van der Waals surface area contributed by atoms with E-state index in [1.165, 1.54) is 0 Å². The molecule has 2 aromatic heterocycles. The van der Waals surface area contributed by atoms with Crippen LogP contribution in [0.1, 0.15) is 17.4 Å². The van der Waals surface area contributed by atoms with E-state index in [0.29, 0.717) is 5.69 Å². The topological polar surface area (TPSA) is 80.3 Å². The number of hydrogen-bond donors (Lipinski definition) is 2. The number of nitrogens with zero attached hydrogens (tertiary/aromatic N) is 1. The standard InChI is InChI=1S/C19H19N3O3S/c1-12-9-16(14-5-3-4-6-15(14)21-12)22-19(24)18(23)20-10-17(25-2)13-7-8-26-11-13/h3-9,11,17H,10H2,1-2H3,(H,20,23)(H,21,22,24). The molecule has 1 atom stereocenters. The Balaban J connectivity index is 1.67. The summed E-state index contributed by atoms with van der Waals surface area (Å²) in [5.41, 5.74) is 3.06. The summed E-state index contributed by atoms with van der Waals surface area (Å²) in [6.07, 6.45) is -0.290. The van der Waals surface area contributed by atoms with Gasteiger partial charge in [0.1, 0.15) is 6.10 Å². The van der Waals surface area contributed by atoms with Crippen molar-refractivity contribution in [3.63, 3.8) is 0 Å². The van der Waals surface area contributed by atoms with Gasteiger partial charge in [0.05, 0.1) is 11.2 Å². The Bertz CT molecular complexity index is 925. The first-order valence-corrected chi connectivity index (χ1v) is 9.03. The van der Waals surface area contributed by atoms with Crippen molar-refractivity contribution in [1.29, 1.82) is 0 Å². The molecule has 0 spiro atoms. The summed E-state index contributed by atoms with van der Waals surface area (Å²) in [5.74, 6) is -1.43. The molecule has 2 N–H and O–H groups in total. The van der Waals surface area contributed by atoms with Gasteiger partial charge >= 0.3 is 11.8 Å². The number of benzene rings is 1. The molecule has 2 heterocycles. The van der Waals surface area contributed by atoms with Gasteiger partial charge in [-0.2, -0.15) is 11.3 Å². The van der Waals surface area contributed by atoms with E-state index < -0.39 is 11.8 Å². The summed E-state index contributed by atoms with van der Waals surface area (Å²) in [7, 11) is 1.57. The summed E-state index contributed by atoms with van der Waals surface area (Å²) in [6.45, 7) is 2.06. The fourth-order valence-corrected chi connectivity index (χ4v) is 3.35. The number of nitrogens with one attached hydrogen (secondary N) is 2. The zero-order valence-corrected chi connectivity index (χ0v) is 15.3. The Morgan fingerprint density at radius 2 is 2.04 bits per heavy atom. The highest BCUT2D eigenvalue weighted by Gasteiger charge is 2.18. The van der Waals surface area contributed by atoms with Crippen molar-refractivity contribution in [3.8, 4) is 0 Å². The zero-order chi connectivity index (χ0) is 18.5. The van der Waals surface area contributed by atoms with E-state index in [9.17, 15) is 9.59 Å². The van der Waals surface area contributed by atoms with Crippen molar-refractivity contribution >= 4 is 39.7 Å². The molecule has 1 unspecified atom stereocenters. The predicted octanol–water partition coefficient (Wildman–Crippen LogP) is 3.05. The molecule has 26 heavy (non-hydrogen) atoms. The van der Waals surface area contributed by atoms with Gasteiger partial charge < -0.3 is 15.4 Å². The molecule has 0 aliphatic rings. The van der Waals surface area contributed by atoms with Gasteiger partial charge in [-0.15, -0.1) is 0 Å². The van der Waals surface area contributed by atoms with Crippen molar-refractivity contribution in [2.75, 3.05) is 19.0 Å². The highest BCUT2D eigenvalue weighted by Crippen LogP contribution is 2.23. The van der Waals surface area contributed by atoms with E-state index >= 15 is 0 Å². The number of hydrogen-bond acceptors (Lipinski definition) is 5. The van der Waals surface area contributed by atoms with Gasteiger partial charge in [0.25, 0.3) is 0 Å². The summed E-state index contributed by atoms with van der Waals surface area (Å²) >= 11 is 1.55. The molecule has 0 aliphatic heterocycles. The lowest BCUT2D eigenvalue weighted by Gasteiger charge is -2.15. The van der Waals surface area contributed by atoms with Crippen LogP contribution in [0.2, 0.25) is 0 Å². The van der Waals surface area contributed by atoms with E-state index in [0.717, 1.165) is 22.2 Å². The molecule has 7 heteroatoms. The van der Waals surface area contributed by atoms with Crippen LogP contribution in [0.5, 0.6) is 0 Å². The molecule has 2 amide bonds. The number of aromatic nitrogens is 1. The molecular weight excluding hydrogens is 350 g/mol. The Hall–Kier alpha value is -2.77. The Labute approximate surface area is 155 Å². The third-order valence-corrected chi connectivity index (χ3v) is 4.65. The molecule has 0 saturated heterocycles. The Morgan fingerprint density at radius 3 is 2.77 bits per heavy atom. The quantitative estimate of drug-likeness (QED) is 0.678. The molecule has 0 saturated carbocycles. The minimum absolute atomic E-state index is 0.218. The molecule has 134 valence electrons. The molecule has 1 aromatic carbocycles. The van der Waals surface area contributed by atoms with Crippen molar-refractivity contribution < 1.29 is 14.3 Å². The monoisotopic (exact) mass is 369 g/mol. The lowest BCUT2D eigenvalue weighted by molar-refractivity contribution is -0.136. The molecule has 0 aliphatic carbocycles. The number of rotatable bonds is 5. The van der Waals surface area contributed by atoms with Crippen LogP contribution in [0.3, 0.4) is 0 Å². The van der Waals surface area contributed by atoms with Crippen LogP contribution in [-0.4, -0.2) is 30.5 Å². The van der Waals surface area contributed by atoms with Crippen molar-refractivity contribution in [1.82, 2.24) is 10.3 Å². The summed E-state index contributed by atoms with van der Waals surface area (Å²) in [6, 6.07) is 11.1. The number of pyridine rings is 1. The molecule has 3 aromatic rings. The number of para-hydroxylation sites is 1. The average Bonchev–Trinajstić information content (AvgIpc) is 3.16. The molecule has 0 radical (unpaired) electrons. The van der Waals surface area contributed by atoms with E-state index in [1.54, 1.807) is 24.5 Å². The number of ether oxygens (including phenoxy) is 1. The second-order valence-electron chi connectivity index (χ2n) is 5.77. The maximum absolute atomic E-state index is 12.3. The number of methoxy groups -OCH3 is 1. The average molecular weight is 369 g/mol. The Kier molecular flexibility index (Phi) is 5.60. The lowest BCUT2D eigenvalue weighted by atomic mass is 10.1. The third-order valence-electron chi connectivity index (χ3n) is 3.95. The van der Waals surface area contributed by atoms with Crippen molar-refractivity contribution in [3.05, 3.63) is 58.4 Å². The Morgan fingerprint density at radius 1 is 1.23 bits per heavy atom. The van der Waals surface area contributed by atoms with E-state index in [2.05, 4.69) is 15.6 Å². The molecule has 0 bridgehead atoms. The van der Waals surface area contributed by atoms with Crippen LogP contribution in [-0.2, 0) is 14.3 Å². The number of fused-ring (bicyclic) bond motifs is 1. The first-order chi connectivity index (χ1) is 12.6. The van der Waals surface area contributed by atoms with Crippen LogP contribution in [0.4, 0.5) is 5.69 Å². The third kappa shape index (κ3) is 4.07. The summed E-state index contributed by atoms with van der Waals surface area (Å²) in [5, 5.41) is 9.96. The lowest BCUT2D eigenvalue weighted by Crippen LogP contribution is -2.38. The van der Waals surface area contributed by atoms with E-state index in [-0.39, 0.29) is 12.6 Å². The van der Waals surface area contributed by atoms with Crippen LogP contribution >= 0.6 is 11.3 Å². The maximum Gasteiger partial charge on any atom is 0.313 e. The fourth-order valence-electron chi connectivity index (χ4n) is 2.65. The number of carbonyl (C=O) groups excluding carboxylic acids is 2. The highest BCUT2D eigenvalue weighted by molar-refractivity contribution is 7.07. The van der Waals surface area contributed by atoms with Gasteiger partial charge in [0, 0.05) is 24.7 Å². The van der Waals surface area contributed by atoms with Gasteiger partial charge in [0.15, 0.2) is 0 Å². The van der Waals surface area contributed by atoms with Gasteiger partial charge in [-0.25, -0.2) is 0 Å². The first kappa shape index (κ1) is 18.0. The van der Waals surface area contributed by atoms with Crippen LogP contribution in [0.25, 0.3) is 10.9 Å². The minimum Gasteiger partial charge on any atom is -0.375 e. The predicted molar refractivity (Wildman–Crippen MR) is 102 cm³/mol. The largest absolute Gasteiger partial charge is 0.375 e. The van der Waals surface area contributed by atoms with E-state index in [1.807, 2.05) is 48.0 Å². The van der Waals surface area contributed by atoms with E-state index in [4.69, 9.17) is 4.74 Å². The number of anilines is 1. The first-order valence-electron chi connectivity index (χ1n) is 8.09. The van der Waals surface area contributed by atoms with Crippen molar-refractivity contribution in [2.24, 2.45) is 0 Å². The second kappa shape index (κ2) is 8.07. The molecule has 6 nitrogen and oxygen atoms in total. The molecular formula is C19H19N3O3S. The summed E-state index contributed by atoms with van der Waals surface area (Å²) in [4.78, 5) is 28.9. The SMILES string of the molecule is COC(CNC(=O)C(=O)Nc1cc(C)nc2ccccc12)c1ccsc1. The molecule has 0 fully saturated rings. The highest BCUT2D eigenvalue weighted by atomic mass is 32.1. The van der Waals surface area contributed by atoms with Crippen LogP contribution in [0, 0.1) is 6.92 Å². The minimum atomic E-state index is -0.721. The van der Waals surface area contributed by atoms with Gasteiger partial charge in [-0.05, 0) is 41.4 Å². The number of thiophene rings is 1. The van der Waals surface area contributed by atoms with Gasteiger partial charge in [0.2, 0.25) is 0 Å².